The van der Waals surface area contributed by atoms with Crippen LogP contribution in [0.2, 0.25) is 0 Å². The number of aliphatic carboxylic acids is 1. The number of amides is 1. The molecule has 0 radical (unpaired) electrons. The Morgan fingerprint density at radius 1 is 1.47 bits per heavy atom. The summed E-state index contributed by atoms with van der Waals surface area (Å²) < 4.78 is 5.01. The number of hydrogen-bond acceptors (Lipinski definition) is 4. The lowest BCUT2D eigenvalue weighted by Crippen LogP contribution is -2.39. The average molecular weight is 238 g/mol. The van der Waals surface area contributed by atoms with Crippen molar-refractivity contribution in [2.24, 2.45) is 5.73 Å². The molecule has 17 heavy (non-hydrogen) atoms. The van der Waals surface area contributed by atoms with E-state index in [1.54, 1.807) is 24.3 Å². The van der Waals surface area contributed by atoms with Gasteiger partial charge in [0.25, 0.3) is 0 Å². The van der Waals surface area contributed by atoms with Crippen molar-refractivity contribution in [3.63, 3.8) is 0 Å². The third-order valence-electron chi connectivity index (χ3n) is 2.13. The Balaban J connectivity index is 3.02. The van der Waals surface area contributed by atoms with E-state index in [-0.39, 0.29) is 6.54 Å². The molecule has 0 aliphatic heterocycles. The molecule has 0 spiro atoms. The first kappa shape index (κ1) is 13.0. The molecule has 0 saturated heterocycles. The van der Waals surface area contributed by atoms with E-state index < -0.39 is 18.4 Å². The number of carbonyl (C=O) groups excluding carboxylic acids is 1. The predicted octanol–water partition coefficient (Wildman–Crippen LogP) is 0.0715. The molecule has 0 fully saturated rings. The van der Waals surface area contributed by atoms with Gasteiger partial charge in [0.1, 0.15) is 12.3 Å². The summed E-state index contributed by atoms with van der Waals surface area (Å²) in [5.74, 6) is -1.02. The minimum absolute atomic E-state index is 0.246. The highest BCUT2D eigenvalue weighted by Gasteiger charge is 2.17. The molecule has 1 rings (SSSR count). The zero-order valence-corrected chi connectivity index (χ0v) is 9.42. The monoisotopic (exact) mass is 238 g/mol. The zero-order chi connectivity index (χ0) is 12.8. The number of carbonyl (C=O) groups is 2. The number of rotatable bonds is 5. The van der Waals surface area contributed by atoms with Gasteiger partial charge in [-0.2, -0.15) is 0 Å². The normalized spacial score (nSPS) is 9.76. The summed E-state index contributed by atoms with van der Waals surface area (Å²) in [6, 6.07) is 6.58. The number of carboxylic acids is 1. The molecule has 0 heterocycles. The van der Waals surface area contributed by atoms with Gasteiger partial charge in [0, 0.05) is 11.8 Å². The summed E-state index contributed by atoms with van der Waals surface area (Å²) in [6.07, 6.45) is 0. The first-order valence-corrected chi connectivity index (χ1v) is 4.94. The quantitative estimate of drug-likeness (QED) is 0.757. The smallest absolute Gasteiger partial charge is 0.323 e. The van der Waals surface area contributed by atoms with Gasteiger partial charge < -0.3 is 15.6 Å². The number of nitrogens with zero attached hydrogens (tertiary/aromatic N) is 1. The minimum atomic E-state index is -1.10. The van der Waals surface area contributed by atoms with Gasteiger partial charge in [0.15, 0.2) is 0 Å². The summed E-state index contributed by atoms with van der Waals surface area (Å²) in [4.78, 5) is 23.3. The molecule has 1 amide bonds. The van der Waals surface area contributed by atoms with Crippen LogP contribution in [0.1, 0.15) is 0 Å². The molecule has 92 valence electrons. The molecule has 0 unspecified atom stereocenters. The lowest BCUT2D eigenvalue weighted by atomic mass is 10.2. The second-order valence-electron chi connectivity index (χ2n) is 3.28. The van der Waals surface area contributed by atoms with Gasteiger partial charge in [0.2, 0.25) is 5.91 Å². The third kappa shape index (κ3) is 3.46. The van der Waals surface area contributed by atoms with Crippen LogP contribution < -0.4 is 15.4 Å². The second kappa shape index (κ2) is 5.86. The zero-order valence-electron chi connectivity index (χ0n) is 9.42. The van der Waals surface area contributed by atoms with Gasteiger partial charge in [-0.05, 0) is 12.1 Å². The van der Waals surface area contributed by atoms with Crippen LogP contribution in [0.4, 0.5) is 5.69 Å². The highest BCUT2D eigenvalue weighted by Crippen LogP contribution is 2.20. The molecule has 0 aliphatic rings. The van der Waals surface area contributed by atoms with Gasteiger partial charge in [-0.15, -0.1) is 0 Å². The molecule has 1 aromatic carbocycles. The van der Waals surface area contributed by atoms with E-state index in [1.807, 2.05) is 0 Å². The fraction of sp³-hybridized carbons (Fsp3) is 0.273. The van der Waals surface area contributed by atoms with E-state index in [0.29, 0.717) is 11.4 Å². The van der Waals surface area contributed by atoms with Crippen molar-refractivity contribution >= 4 is 17.6 Å². The van der Waals surface area contributed by atoms with Gasteiger partial charge in [0.05, 0.1) is 13.7 Å². The molecule has 0 bridgehead atoms. The molecule has 0 atom stereocenters. The fourth-order valence-electron chi connectivity index (χ4n) is 1.35. The molecule has 3 N–H and O–H groups in total. The van der Waals surface area contributed by atoms with Crippen LogP contribution >= 0.6 is 0 Å². The van der Waals surface area contributed by atoms with E-state index >= 15 is 0 Å². The maximum Gasteiger partial charge on any atom is 0.323 e. The standard InChI is InChI=1S/C11H14N2O4/c1-17-9-4-2-3-8(5-9)13(7-11(15)16)10(14)6-12/h2-5H,6-7,12H2,1H3,(H,15,16). The van der Waals surface area contributed by atoms with Crippen LogP contribution in [0.15, 0.2) is 24.3 Å². The Morgan fingerprint density at radius 3 is 2.71 bits per heavy atom. The Bertz CT molecular complexity index is 420. The number of benzene rings is 1. The van der Waals surface area contributed by atoms with Crippen molar-refractivity contribution in [1.29, 1.82) is 0 Å². The molecule has 0 saturated carbocycles. The number of hydrogen-bond donors (Lipinski definition) is 2. The molecule has 1 aromatic rings. The van der Waals surface area contributed by atoms with Gasteiger partial charge >= 0.3 is 5.97 Å². The van der Waals surface area contributed by atoms with E-state index in [0.717, 1.165) is 4.90 Å². The van der Waals surface area contributed by atoms with Crippen LogP contribution in [0.5, 0.6) is 5.75 Å². The fourth-order valence-corrected chi connectivity index (χ4v) is 1.35. The van der Waals surface area contributed by atoms with E-state index in [9.17, 15) is 9.59 Å². The average Bonchev–Trinajstić information content (AvgIpc) is 2.35. The van der Waals surface area contributed by atoms with Crippen molar-refractivity contribution in [2.75, 3.05) is 25.1 Å². The Kier molecular flexibility index (Phi) is 4.47. The van der Waals surface area contributed by atoms with Crippen molar-refractivity contribution in [2.45, 2.75) is 0 Å². The molecule has 0 aromatic heterocycles. The van der Waals surface area contributed by atoms with Crippen molar-refractivity contribution in [3.8, 4) is 5.75 Å². The van der Waals surface area contributed by atoms with Crippen LogP contribution in [0.25, 0.3) is 0 Å². The van der Waals surface area contributed by atoms with E-state index in [1.165, 1.54) is 7.11 Å². The molecule has 0 aliphatic carbocycles. The van der Waals surface area contributed by atoms with Gasteiger partial charge in [-0.25, -0.2) is 0 Å². The van der Waals surface area contributed by atoms with Crippen molar-refractivity contribution in [1.82, 2.24) is 0 Å². The number of methoxy groups -OCH3 is 1. The second-order valence-corrected chi connectivity index (χ2v) is 3.28. The van der Waals surface area contributed by atoms with Gasteiger partial charge in [-0.3, -0.25) is 14.5 Å². The number of nitrogens with two attached hydrogens (primary N) is 1. The van der Waals surface area contributed by atoms with Crippen LogP contribution in [0, 0.1) is 0 Å². The highest BCUT2D eigenvalue weighted by atomic mass is 16.5. The van der Waals surface area contributed by atoms with Gasteiger partial charge in [-0.1, -0.05) is 6.07 Å². The predicted molar refractivity (Wildman–Crippen MR) is 62.0 cm³/mol. The largest absolute Gasteiger partial charge is 0.497 e. The Hall–Kier alpha value is -2.08. The molecular formula is C11H14N2O4. The van der Waals surface area contributed by atoms with Crippen LogP contribution in [0.3, 0.4) is 0 Å². The van der Waals surface area contributed by atoms with Crippen molar-refractivity contribution in [3.05, 3.63) is 24.3 Å². The van der Waals surface area contributed by atoms with Crippen LogP contribution in [-0.4, -0.2) is 37.2 Å². The first-order chi connectivity index (χ1) is 8.08. The van der Waals surface area contributed by atoms with E-state index in [2.05, 4.69) is 0 Å². The first-order valence-electron chi connectivity index (χ1n) is 4.94. The van der Waals surface area contributed by atoms with Crippen molar-refractivity contribution < 1.29 is 19.4 Å². The third-order valence-corrected chi connectivity index (χ3v) is 2.13. The molecular weight excluding hydrogens is 224 g/mol. The minimum Gasteiger partial charge on any atom is -0.497 e. The Labute approximate surface area is 98.6 Å². The summed E-state index contributed by atoms with van der Waals surface area (Å²) in [5.41, 5.74) is 5.69. The lowest BCUT2D eigenvalue weighted by molar-refractivity contribution is -0.136. The molecule has 6 heteroatoms. The maximum atomic E-state index is 11.5. The number of ether oxygens (including phenoxy) is 1. The lowest BCUT2D eigenvalue weighted by Gasteiger charge is -2.20. The summed E-state index contributed by atoms with van der Waals surface area (Å²) in [6.45, 7) is -0.673. The molecule has 6 nitrogen and oxygen atoms in total. The highest BCUT2D eigenvalue weighted by molar-refractivity contribution is 5.98. The SMILES string of the molecule is COc1cccc(N(CC(=O)O)C(=O)CN)c1. The number of anilines is 1. The number of carboxylic acid groups (broad SMARTS) is 1. The summed E-state index contributed by atoms with van der Waals surface area (Å²) in [7, 11) is 1.49. The van der Waals surface area contributed by atoms with Crippen LogP contribution in [-0.2, 0) is 9.59 Å². The summed E-state index contributed by atoms with van der Waals surface area (Å²) >= 11 is 0. The van der Waals surface area contributed by atoms with E-state index in [4.69, 9.17) is 15.6 Å². The topological polar surface area (TPSA) is 92.9 Å². The maximum absolute atomic E-state index is 11.5. The Morgan fingerprint density at radius 2 is 2.18 bits per heavy atom. The summed E-state index contributed by atoms with van der Waals surface area (Å²) in [5, 5.41) is 8.75.